The molecule has 0 saturated carbocycles. The van der Waals surface area contributed by atoms with E-state index in [1.54, 1.807) is 31.6 Å². The minimum Gasteiger partial charge on any atom is -0.497 e. The number of methoxy groups -OCH3 is 1. The van der Waals surface area contributed by atoms with Gasteiger partial charge in [0.25, 0.3) is 0 Å². The number of nitrogens with two attached hydrogens (primary N) is 1. The molecular formula is C23H23FN6O. The summed E-state index contributed by atoms with van der Waals surface area (Å²) in [6.45, 7) is 1.72. The molecule has 7 nitrogen and oxygen atoms in total. The molecule has 5 rings (SSSR count). The molecular weight excluding hydrogens is 395 g/mol. The Bertz CT molecular complexity index is 1230. The number of anilines is 1. The Labute approximate surface area is 179 Å². The van der Waals surface area contributed by atoms with Gasteiger partial charge in [0, 0.05) is 30.1 Å². The van der Waals surface area contributed by atoms with Gasteiger partial charge in [-0.25, -0.2) is 9.37 Å². The number of nitrogens with one attached hydrogen (secondary N) is 1. The number of hydrogen-bond acceptors (Lipinski definition) is 6. The zero-order valence-corrected chi connectivity index (χ0v) is 17.2. The second-order valence-electron chi connectivity index (χ2n) is 7.77. The van der Waals surface area contributed by atoms with Gasteiger partial charge in [-0.15, -0.1) is 0 Å². The molecule has 0 bridgehead atoms. The molecule has 0 spiro atoms. The van der Waals surface area contributed by atoms with Crippen LogP contribution in [0.4, 0.5) is 10.2 Å². The molecule has 0 aliphatic carbocycles. The van der Waals surface area contributed by atoms with Crippen LogP contribution in [0.2, 0.25) is 0 Å². The molecule has 1 aliphatic heterocycles. The largest absolute Gasteiger partial charge is 0.497 e. The molecule has 4 aromatic rings. The number of H-pyrrole nitrogens is 1. The van der Waals surface area contributed by atoms with Crippen LogP contribution >= 0.6 is 0 Å². The number of hydrogen-bond donors (Lipinski definition) is 2. The van der Waals surface area contributed by atoms with Crippen LogP contribution in [-0.2, 0) is 0 Å². The Kier molecular flexibility index (Phi) is 4.99. The van der Waals surface area contributed by atoms with E-state index in [1.807, 2.05) is 18.2 Å². The van der Waals surface area contributed by atoms with Crippen molar-refractivity contribution in [3.63, 3.8) is 0 Å². The Morgan fingerprint density at radius 3 is 2.77 bits per heavy atom. The van der Waals surface area contributed by atoms with Crippen molar-refractivity contribution in [3.8, 4) is 28.3 Å². The molecule has 2 aromatic heterocycles. The summed E-state index contributed by atoms with van der Waals surface area (Å²) in [6.07, 6.45) is 5.35. The first-order chi connectivity index (χ1) is 15.1. The van der Waals surface area contributed by atoms with Gasteiger partial charge < -0.3 is 15.4 Å². The van der Waals surface area contributed by atoms with Gasteiger partial charge in [-0.2, -0.15) is 5.10 Å². The third kappa shape index (κ3) is 3.70. The first-order valence-corrected chi connectivity index (χ1v) is 10.3. The van der Waals surface area contributed by atoms with Crippen molar-refractivity contribution in [1.82, 2.24) is 20.2 Å². The van der Waals surface area contributed by atoms with E-state index in [-0.39, 0.29) is 11.9 Å². The Hall–Kier alpha value is -3.52. The first kappa shape index (κ1) is 19.4. The molecule has 8 heteroatoms. The lowest BCUT2D eigenvalue weighted by molar-refractivity contribution is 0.414. The lowest BCUT2D eigenvalue weighted by atomic mass is 10.0. The van der Waals surface area contributed by atoms with E-state index in [1.165, 1.54) is 6.07 Å². The molecule has 1 aliphatic rings. The first-order valence-electron chi connectivity index (χ1n) is 10.3. The summed E-state index contributed by atoms with van der Waals surface area (Å²) in [7, 11) is 1.57. The number of piperidine rings is 1. The lowest BCUT2D eigenvalue weighted by Gasteiger charge is -2.30. The second-order valence-corrected chi connectivity index (χ2v) is 7.77. The number of benzene rings is 2. The van der Waals surface area contributed by atoms with Crippen LogP contribution in [-0.4, -0.2) is 46.4 Å². The third-order valence-corrected chi connectivity index (χ3v) is 5.78. The fraction of sp³-hybridized carbons (Fsp3) is 0.261. The quantitative estimate of drug-likeness (QED) is 0.524. The van der Waals surface area contributed by atoms with Crippen molar-refractivity contribution in [1.29, 1.82) is 0 Å². The van der Waals surface area contributed by atoms with Crippen molar-refractivity contribution in [2.75, 3.05) is 25.1 Å². The molecule has 3 N–H and O–H groups in total. The molecule has 3 heterocycles. The number of rotatable bonds is 4. The summed E-state index contributed by atoms with van der Waals surface area (Å²) in [5.41, 5.74) is 9.43. The summed E-state index contributed by atoms with van der Waals surface area (Å²) in [4.78, 5) is 11.4. The Balaban J connectivity index is 1.54. The van der Waals surface area contributed by atoms with E-state index in [9.17, 15) is 4.39 Å². The van der Waals surface area contributed by atoms with Crippen LogP contribution in [0.3, 0.4) is 0 Å². The second kappa shape index (κ2) is 7.96. The molecule has 0 atom stereocenters. The molecule has 2 aromatic carbocycles. The summed E-state index contributed by atoms with van der Waals surface area (Å²) in [5.74, 6) is 1.11. The molecule has 0 amide bonds. The smallest absolute Gasteiger partial charge is 0.147 e. The van der Waals surface area contributed by atoms with Gasteiger partial charge in [0.15, 0.2) is 0 Å². The Morgan fingerprint density at radius 1 is 1.13 bits per heavy atom. The van der Waals surface area contributed by atoms with Crippen molar-refractivity contribution in [2.45, 2.75) is 18.9 Å². The van der Waals surface area contributed by atoms with E-state index in [0.29, 0.717) is 22.7 Å². The van der Waals surface area contributed by atoms with E-state index in [2.05, 4.69) is 20.1 Å². The van der Waals surface area contributed by atoms with Crippen LogP contribution in [0.5, 0.6) is 5.75 Å². The van der Waals surface area contributed by atoms with Crippen LogP contribution in [0.1, 0.15) is 12.8 Å². The van der Waals surface area contributed by atoms with Crippen molar-refractivity contribution in [2.24, 2.45) is 5.73 Å². The topological polar surface area (TPSA) is 93.0 Å². The summed E-state index contributed by atoms with van der Waals surface area (Å²) >= 11 is 0. The van der Waals surface area contributed by atoms with Crippen molar-refractivity contribution >= 4 is 16.7 Å². The molecule has 1 saturated heterocycles. The predicted molar refractivity (Wildman–Crippen MR) is 118 cm³/mol. The minimum absolute atomic E-state index is 0.248. The summed E-state index contributed by atoms with van der Waals surface area (Å²) in [6, 6.07) is 10.6. The highest BCUT2D eigenvalue weighted by Gasteiger charge is 2.19. The average Bonchev–Trinajstić information content (AvgIpc) is 3.23. The fourth-order valence-electron chi connectivity index (χ4n) is 3.98. The van der Waals surface area contributed by atoms with Gasteiger partial charge >= 0.3 is 0 Å². The van der Waals surface area contributed by atoms with Gasteiger partial charge in [-0.1, -0.05) is 6.07 Å². The van der Waals surface area contributed by atoms with Gasteiger partial charge in [0.05, 0.1) is 25.0 Å². The molecule has 0 unspecified atom stereocenters. The SMILES string of the molecule is COc1ccc(F)c(-c2ccc3[nH]nc(-c4cncc(N5CCC(N)CC5)n4)c3c2)c1. The zero-order chi connectivity index (χ0) is 21.4. The average molecular weight is 418 g/mol. The van der Waals surface area contributed by atoms with E-state index >= 15 is 0 Å². The maximum atomic E-state index is 14.5. The fourth-order valence-corrected chi connectivity index (χ4v) is 3.98. The highest BCUT2D eigenvalue weighted by Crippen LogP contribution is 2.33. The number of aromatic amines is 1. The van der Waals surface area contributed by atoms with Gasteiger partial charge in [0.1, 0.15) is 28.8 Å². The van der Waals surface area contributed by atoms with E-state index in [4.69, 9.17) is 15.5 Å². The van der Waals surface area contributed by atoms with Crippen LogP contribution in [0, 0.1) is 5.82 Å². The van der Waals surface area contributed by atoms with Crippen molar-refractivity contribution < 1.29 is 9.13 Å². The summed E-state index contributed by atoms with van der Waals surface area (Å²) < 4.78 is 19.8. The standard InChI is InChI=1S/C23H23FN6O/c1-31-16-3-4-19(24)17(11-16)14-2-5-20-18(10-14)23(29-28-20)21-12-26-13-22(27-21)30-8-6-15(25)7-9-30/h2-5,10-13,15H,6-9,25H2,1H3,(H,28,29). The highest BCUT2D eigenvalue weighted by atomic mass is 19.1. The monoisotopic (exact) mass is 418 g/mol. The lowest BCUT2D eigenvalue weighted by Crippen LogP contribution is -2.40. The van der Waals surface area contributed by atoms with Crippen molar-refractivity contribution in [3.05, 3.63) is 54.6 Å². The predicted octanol–water partition coefficient (Wildman–Crippen LogP) is 3.76. The maximum Gasteiger partial charge on any atom is 0.147 e. The number of aromatic nitrogens is 4. The van der Waals surface area contributed by atoms with Gasteiger partial charge in [-0.05, 0) is 48.7 Å². The van der Waals surface area contributed by atoms with Gasteiger partial charge in [0.2, 0.25) is 0 Å². The Morgan fingerprint density at radius 2 is 1.97 bits per heavy atom. The zero-order valence-electron chi connectivity index (χ0n) is 17.2. The number of ether oxygens (including phenoxy) is 1. The van der Waals surface area contributed by atoms with Crippen LogP contribution in [0.15, 0.2) is 48.8 Å². The van der Waals surface area contributed by atoms with E-state index in [0.717, 1.165) is 48.2 Å². The minimum atomic E-state index is -0.310. The van der Waals surface area contributed by atoms with Crippen LogP contribution in [0.25, 0.3) is 33.4 Å². The molecule has 1 fully saturated rings. The third-order valence-electron chi connectivity index (χ3n) is 5.78. The molecule has 0 radical (unpaired) electrons. The number of fused-ring (bicyclic) bond motifs is 1. The maximum absolute atomic E-state index is 14.5. The van der Waals surface area contributed by atoms with E-state index < -0.39 is 0 Å². The molecule has 31 heavy (non-hydrogen) atoms. The molecule has 158 valence electrons. The van der Waals surface area contributed by atoms with Crippen LogP contribution < -0.4 is 15.4 Å². The van der Waals surface area contributed by atoms with Gasteiger partial charge in [-0.3, -0.25) is 10.1 Å². The normalized spacial score (nSPS) is 14.9. The highest BCUT2D eigenvalue weighted by molar-refractivity contribution is 5.95. The summed E-state index contributed by atoms with van der Waals surface area (Å²) in [5, 5.41) is 8.36. The number of halogens is 1. The number of nitrogens with zero attached hydrogens (tertiary/aromatic N) is 4.